The maximum absolute atomic E-state index is 14.5. The third-order valence-corrected chi connectivity index (χ3v) is 10.1. The number of ether oxygens (including phenoxy) is 1. The van der Waals surface area contributed by atoms with E-state index < -0.39 is 28.5 Å². The van der Waals surface area contributed by atoms with E-state index in [9.17, 15) is 18.0 Å². The highest BCUT2D eigenvalue weighted by molar-refractivity contribution is 9.10. The molecule has 4 aromatic carbocycles. The number of nitrogens with one attached hydrogen (secondary N) is 1. The number of likely N-dealkylation sites (N-methyl/N-ethyl adjacent to an activating group) is 1. The van der Waals surface area contributed by atoms with E-state index >= 15 is 0 Å². The second kappa shape index (κ2) is 15.6. The van der Waals surface area contributed by atoms with Crippen molar-refractivity contribution in [2.24, 2.45) is 0 Å². The topological polar surface area (TPSA) is 96.0 Å². The zero-order valence-corrected chi connectivity index (χ0v) is 29.2. The second-order valence-electron chi connectivity index (χ2n) is 10.4. The first kappa shape index (κ1) is 34.2. The van der Waals surface area contributed by atoms with Gasteiger partial charge in [-0.2, -0.15) is 0 Å². The SMILES string of the molecule is CCNC(=O)C(Cc1ccccc1)N(Cc1cccc(Br)c1)C(=O)CN(c1ccc(C)cc1)S(=O)(=O)c1ccc(OC)c(Br)c1. The van der Waals surface area contributed by atoms with Gasteiger partial charge in [-0.1, -0.05) is 76.1 Å². The monoisotopic (exact) mass is 755 g/mol. The summed E-state index contributed by atoms with van der Waals surface area (Å²) in [5.41, 5.74) is 2.90. The molecule has 0 aromatic heterocycles. The Morgan fingerprint density at radius 2 is 1.58 bits per heavy atom. The molecule has 1 N–H and O–H groups in total. The van der Waals surface area contributed by atoms with Crippen LogP contribution < -0.4 is 14.4 Å². The summed E-state index contributed by atoms with van der Waals surface area (Å²) >= 11 is 6.88. The highest BCUT2D eigenvalue weighted by Gasteiger charge is 2.34. The molecule has 11 heteroatoms. The van der Waals surface area contributed by atoms with Crippen LogP contribution in [0.25, 0.3) is 0 Å². The summed E-state index contributed by atoms with van der Waals surface area (Å²) in [6.45, 7) is 3.64. The van der Waals surface area contributed by atoms with Crippen LogP contribution in [0, 0.1) is 6.92 Å². The number of hydrogen-bond donors (Lipinski definition) is 1. The first-order valence-electron chi connectivity index (χ1n) is 14.3. The van der Waals surface area contributed by atoms with Crippen LogP contribution in [-0.4, -0.2) is 51.4 Å². The van der Waals surface area contributed by atoms with Gasteiger partial charge in [-0.05, 0) is 83.4 Å². The maximum atomic E-state index is 14.5. The number of carbonyl (C=O) groups excluding carboxylic acids is 2. The molecule has 0 saturated heterocycles. The van der Waals surface area contributed by atoms with Gasteiger partial charge in [-0.3, -0.25) is 13.9 Å². The third kappa shape index (κ3) is 8.74. The van der Waals surface area contributed by atoms with Crippen LogP contribution >= 0.6 is 31.9 Å². The number of benzene rings is 4. The zero-order valence-electron chi connectivity index (χ0n) is 25.2. The largest absolute Gasteiger partial charge is 0.496 e. The van der Waals surface area contributed by atoms with Gasteiger partial charge >= 0.3 is 0 Å². The predicted molar refractivity (Wildman–Crippen MR) is 184 cm³/mol. The van der Waals surface area contributed by atoms with Crippen LogP contribution in [0.3, 0.4) is 0 Å². The molecule has 4 rings (SSSR count). The van der Waals surface area contributed by atoms with Gasteiger partial charge in [0.25, 0.3) is 10.0 Å². The Morgan fingerprint density at radius 1 is 0.889 bits per heavy atom. The van der Waals surface area contributed by atoms with E-state index in [0.29, 0.717) is 22.5 Å². The van der Waals surface area contributed by atoms with Gasteiger partial charge in [0.15, 0.2) is 0 Å². The number of aryl methyl sites for hydroxylation is 1. The summed E-state index contributed by atoms with van der Waals surface area (Å²) in [4.78, 5) is 29.5. The lowest BCUT2D eigenvalue weighted by Crippen LogP contribution is -2.53. The molecule has 0 fully saturated rings. The number of amides is 2. The van der Waals surface area contributed by atoms with Crippen molar-refractivity contribution in [1.29, 1.82) is 0 Å². The minimum atomic E-state index is -4.25. The number of nitrogens with zero attached hydrogens (tertiary/aromatic N) is 2. The summed E-state index contributed by atoms with van der Waals surface area (Å²) in [5.74, 6) is -0.384. The Hall–Kier alpha value is -3.67. The number of halogens is 2. The van der Waals surface area contributed by atoms with E-state index in [4.69, 9.17) is 4.74 Å². The first-order valence-corrected chi connectivity index (χ1v) is 17.3. The molecule has 4 aromatic rings. The molecule has 0 aliphatic heterocycles. The number of carbonyl (C=O) groups is 2. The lowest BCUT2D eigenvalue weighted by Gasteiger charge is -2.34. The Balaban J connectivity index is 1.81. The molecule has 2 amide bonds. The number of hydrogen-bond acceptors (Lipinski definition) is 5. The van der Waals surface area contributed by atoms with Crippen molar-refractivity contribution in [2.75, 3.05) is 24.5 Å². The van der Waals surface area contributed by atoms with E-state index in [1.807, 2.05) is 68.4 Å². The average Bonchev–Trinajstić information content (AvgIpc) is 3.02. The number of sulfonamides is 1. The Morgan fingerprint density at radius 3 is 2.20 bits per heavy atom. The molecule has 8 nitrogen and oxygen atoms in total. The molecular weight excluding hydrogens is 722 g/mol. The Labute approximate surface area is 281 Å². The molecule has 0 heterocycles. The molecule has 0 aliphatic carbocycles. The van der Waals surface area contributed by atoms with E-state index in [-0.39, 0.29) is 23.8 Å². The molecule has 1 unspecified atom stereocenters. The van der Waals surface area contributed by atoms with Crippen LogP contribution in [0.5, 0.6) is 5.75 Å². The third-order valence-electron chi connectivity index (χ3n) is 7.18. The minimum Gasteiger partial charge on any atom is -0.496 e. The Kier molecular flexibility index (Phi) is 11.8. The molecule has 236 valence electrons. The van der Waals surface area contributed by atoms with E-state index in [2.05, 4.69) is 37.2 Å². The summed E-state index contributed by atoms with van der Waals surface area (Å²) in [6.07, 6.45) is 0.245. The molecule has 0 radical (unpaired) electrons. The normalized spacial score (nSPS) is 11.8. The molecule has 0 bridgehead atoms. The summed E-state index contributed by atoms with van der Waals surface area (Å²) < 4.78 is 36.1. The molecule has 0 saturated carbocycles. The highest BCUT2D eigenvalue weighted by Crippen LogP contribution is 2.31. The van der Waals surface area contributed by atoms with E-state index in [1.165, 1.54) is 24.1 Å². The molecular formula is C34H35Br2N3O5S. The van der Waals surface area contributed by atoms with Crippen molar-refractivity contribution in [2.45, 2.75) is 37.8 Å². The van der Waals surface area contributed by atoms with E-state index in [1.54, 1.807) is 30.3 Å². The van der Waals surface area contributed by atoms with Crippen LogP contribution in [-0.2, 0) is 32.6 Å². The van der Waals surface area contributed by atoms with Crippen molar-refractivity contribution in [3.05, 3.63) is 123 Å². The quantitative estimate of drug-likeness (QED) is 0.168. The van der Waals surface area contributed by atoms with Gasteiger partial charge in [-0.25, -0.2) is 8.42 Å². The van der Waals surface area contributed by atoms with Gasteiger partial charge in [0.05, 0.1) is 22.2 Å². The smallest absolute Gasteiger partial charge is 0.264 e. The van der Waals surface area contributed by atoms with Crippen molar-refractivity contribution in [3.63, 3.8) is 0 Å². The van der Waals surface area contributed by atoms with Gasteiger partial charge < -0.3 is 15.0 Å². The fourth-order valence-electron chi connectivity index (χ4n) is 4.85. The lowest BCUT2D eigenvalue weighted by molar-refractivity contribution is -0.140. The van der Waals surface area contributed by atoms with Crippen molar-refractivity contribution < 1.29 is 22.7 Å². The summed E-state index contributed by atoms with van der Waals surface area (Å²) in [5, 5.41) is 2.87. The highest BCUT2D eigenvalue weighted by atomic mass is 79.9. The predicted octanol–water partition coefficient (Wildman–Crippen LogP) is 6.50. The molecule has 0 aliphatic rings. The van der Waals surface area contributed by atoms with Crippen molar-refractivity contribution in [3.8, 4) is 5.75 Å². The van der Waals surface area contributed by atoms with E-state index in [0.717, 1.165) is 25.5 Å². The summed E-state index contributed by atoms with van der Waals surface area (Å²) in [7, 11) is -2.75. The molecule has 1 atom stereocenters. The van der Waals surface area contributed by atoms with Crippen molar-refractivity contribution >= 4 is 59.4 Å². The first-order chi connectivity index (χ1) is 21.5. The number of methoxy groups -OCH3 is 1. The van der Waals surface area contributed by atoms with Gasteiger partial charge in [0.2, 0.25) is 11.8 Å². The molecule has 0 spiro atoms. The van der Waals surface area contributed by atoms with Crippen molar-refractivity contribution in [1.82, 2.24) is 10.2 Å². The van der Waals surface area contributed by atoms with Crippen LogP contribution in [0.2, 0.25) is 0 Å². The standard InChI is InChI=1S/C34H35Br2N3O5S/c1-4-37-34(41)31(20-25-9-6-5-7-10-25)38(22-26-11-8-12-27(35)19-26)33(40)23-39(28-15-13-24(2)14-16-28)45(42,43)29-17-18-32(44-3)30(36)21-29/h5-19,21,31H,4,20,22-23H2,1-3H3,(H,37,41). The van der Waals surface area contributed by atoms with Gasteiger partial charge in [0, 0.05) is 24.0 Å². The van der Waals surface area contributed by atoms with Gasteiger partial charge in [0.1, 0.15) is 18.3 Å². The van der Waals surface area contributed by atoms with Gasteiger partial charge in [-0.15, -0.1) is 0 Å². The number of anilines is 1. The maximum Gasteiger partial charge on any atom is 0.264 e. The van der Waals surface area contributed by atoms with Crippen LogP contribution in [0.15, 0.2) is 111 Å². The molecule has 45 heavy (non-hydrogen) atoms. The minimum absolute atomic E-state index is 0.0216. The Bertz CT molecular complexity index is 1730. The fourth-order valence-corrected chi connectivity index (χ4v) is 7.43. The average molecular weight is 758 g/mol. The van der Waals surface area contributed by atoms with Crippen LogP contribution in [0.1, 0.15) is 23.6 Å². The number of rotatable bonds is 13. The second-order valence-corrected chi connectivity index (χ2v) is 14.0. The zero-order chi connectivity index (χ0) is 32.6. The lowest BCUT2D eigenvalue weighted by atomic mass is 10.0. The summed E-state index contributed by atoms with van der Waals surface area (Å²) in [6, 6.07) is 27.4. The van der Waals surface area contributed by atoms with Crippen LogP contribution in [0.4, 0.5) is 5.69 Å². The fraction of sp³-hybridized carbons (Fsp3) is 0.235.